The molecule has 0 aliphatic carbocycles. The Kier molecular flexibility index (Phi) is 4.12. The van der Waals surface area contributed by atoms with Crippen molar-refractivity contribution < 1.29 is 0 Å². The van der Waals surface area contributed by atoms with Crippen LogP contribution in [-0.2, 0) is 6.42 Å². The Morgan fingerprint density at radius 3 is 2.40 bits per heavy atom. The largest absolute Gasteiger partial charge is 0.365 e. The molecule has 0 amide bonds. The standard InChI is InChI=1S/C20H19N5/c1-15(12-16-8-4-2-5-9-16)24-19-18-20(22-13-21-19)25(14-23-18)17-10-6-3-7-11-17/h2-11,13-15H,12H2,1H3,(H,21,22,24)/t15-/m1/s1. The minimum absolute atomic E-state index is 0.238. The highest BCUT2D eigenvalue weighted by Crippen LogP contribution is 2.21. The molecule has 2 aromatic carbocycles. The fourth-order valence-electron chi connectivity index (χ4n) is 2.97. The van der Waals surface area contributed by atoms with Crippen LogP contribution in [0.15, 0.2) is 73.3 Å². The second-order valence-electron chi connectivity index (χ2n) is 6.08. The topological polar surface area (TPSA) is 55.6 Å². The highest BCUT2D eigenvalue weighted by Gasteiger charge is 2.13. The van der Waals surface area contributed by atoms with Crippen LogP contribution < -0.4 is 5.32 Å². The van der Waals surface area contributed by atoms with E-state index < -0.39 is 0 Å². The summed E-state index contributed by atoms with van der Waals surface area (Å²) in [5.41, 5.74) is 3.91. The van der Waals surface area contributed by atoms with E-state index in [9.17, 15) is 0 Å². The van der Waals surface area contributed by atoms with E-state index in [1.807, 2.05) is 41.0 Å². The summed E-state index contributed by atoms with van der Waals surface area (Å²) in [4.78, 5) is 13.3. The van der Waals surface area contributed by atoms with Crippen molar-refractivity contribution in [2.24, 2.45) is 0 Å². The van der Waals surface area contributed by atoms with E-state index >= 15 is 0 Å². The third kappa shape index (κ3) is 3.21. The normalized spacial score (nSPS) is 12.2. The first-order valence-corrected chi connectivity index (χ1v) is 8.35. The van der Waals surface area contributed by atoms with Crippen LogP contribution in [0.1, 0.15) is 12.5 Å². The molecule has 0 saturated heterocycles. The lowest BCUT2D eigenvalue weighted by molar-refractivity contribution is 0.785. The molecule has 124 valence electrons. The van der Waals surface area contributed by atoms with Crippen molar-refractivity contribution in [2.45, 2.75) is 19.4 Å². The maximum absolute atomic E-state index is 4.53. The molecule has 0 saturated carbocycles. The zero-order valence-corrected chi connectivity index (χ0v) is 14.0. The van der Waals surface area contributed by atoms with Gasteiger partial charge in [-0.15, -0.1) is 0 Å². The van der Waals surface area contributed by atoms with Gasteiger partial charge in [0.2, 0.25) is 0 Å². The van der Waals surface area contributed by atoms with Crippen molar-refractivity contribution in [3.05, 3.63) is 78.9 Å². The van der Waals surface area contributed by atoms with E-state index in [-0.39, 0.29) is 6.04 Å². The van der Waals surface area contributed by atoms with Crippen LogP contribution in [0.2, 0.25) is 0 Å². The van der Waals surface area contributed by atoms with Crippen molar-refractivity contribution in [1.82, 2.24) is 19.5 Å². The second kappa shape index (κ2) is 6.73. The summed E-state index contributed by atoms with van der Waals surface area (Å²) < 4.78 is 1.98. The predicted molar refractivity (Wildman–Crippen MR) is 99.9 cm³/mol. The molecule has 0 aliphatic heterocycles. The van der Waals surface area contributed by atoms with Crippen LogP contribution in [0.25, 0.3) is 16.9 Å². The Labute approximate surface area is 146 Å². The van der Waals surface area contributed by atoms with Crippen LogP contribution in [0.5, 0.6) is 0 Å². The van der Waals surface area contributed by atoms with Crippen LogP contribution >= 0.6 is 0 Å². The van der Waals surface area contributed by atoms with E-state index in [1.165, 1.54) is 5.56 Å². The van der Waals surface area contributed by atoms with Gasteiger partial charge < -0.3 is 5.32 Å². The van der Waals surface area contributed by atoms with Crippen LogP contribution in [0, 0.1) is 0 Å². The molecule has 1 atom stereocenters. The fourth-order valence-corrected chi connectivity index (χ4v) is 2.97. The quantitative estimate of drug-likeness (QED) is 0.604. The highest BCUT2D eigenvalue weighted by atomic mass is 15.1. The zero-order chi connectivity index (χ0) is 17.1. The van der Waals surface area contributed by atoms with Gasteiger partial charge in [0.25, 0.3) is 0 Å². The minimum atomic E-state index is 0.238. The number of rotatable bonds is 5. The molecule has 0 aliphatic rings. The summed E-state index contributed by atoms with van der Waals surface area (Å²) in [6.45, 7) is 2.15. The van der Waals surface area contributed by atoms with Gasteiger partial charge in [-0.1, -0.05) is 48.5 Å². The number of anilines is 1. The van der Waals surface area contributed by atoms with Gasteiger partial charge in [0.1, 0.15) is 12.7 Å². The monoisotopic (exact) mass is 329 g/mol. The SMILES string of the molecule is C[C@H](Cc1ccccc1)Nc1ncnc2c1ncn2-c1ccccc1. The van der Waals surface area contributed by atoms with Gasteiger partial charge in [-0.3, -0.25) is 4.57 Å². The lowest BCUT2D eigenvalue weighted by Crippen LogP contribution is -2.19. The smallest absolute Gasteiger partial charge is 0.170 e. The van der Waals surface area contributed by atoms with Crippen LogP contribution in [0.4, 0.5) is 5.82 Å². The molecule has 5 heteroatoms. The predicted octanol–water partition coefficient (Wildman–Crippen LogP) is 3.86. The zero-order valence-electron chi connectivity index (χ0n) is 14.0. The number of para-hydroxylation sites is 1. The molecule has 2 heterocycles. The first kappa shape index (κ1) is 15.3. The molecule has 0 unspecified atom stereocenters. The Balaban J connectivity index is 1.61. The number of hydrogen-bond acceptors (Lipinski definition) is 4. The van der Waals surface area contributed by atoms with Gasteiger partial charge in [-0.25, -0.2) is 15.0 Å². The minimum Gasteiger partial charge on any atom is -0.365 e. The van der Waals surface area contributed by atoms with Gasteiger partial charge in [0.05, 0.1) is 0 Å². The summed E-state index contributed by atoms with van der Waals surface area (Å²) in [5, 5.41) is 3.47. The van der Waals surface area contributed by atoms with Gasteiger partial charge in [0.15, 0.2) is 17.0 Å². The van der Waals surface area contributed by atoms with Gasteiger partial charge in [0, 0.05) is 11.7 Å². The van der Waals surface area contributed by atoms with E-state index in [0.717, 1.165) is 29.1 Å². The highest BCUT2D eigenvalue weighted by molar-refractivity contribution is 5.84. The number of fused-ring (bicyclic) bond motifs is 1. The molecular weight excluding hydrogens is 310 g/mol. The Hall–Kier alpha value is -3.21. The van der Waals surface area contributed by atoms with Gasteiger partial charge >= 0.3 is 0 Å². The first-order valence-electron chi connectivity index (χ1n) is 8.35. The molecule has 4 aromatic rings. The number of nitrogens with zero attached hydrogens (tertiary/aromatic N) is 4. The second-order valence-corrected chi connectivity index (χ2v) is 6.08. The molecule has 5 nitrogen and oxygen atoms in total. The first-order chi connectivity index (χ1) is 12.3. The molecule has 0 fully saturated rings. The van der Waals surface area contributed by atoms with Crippen molar-refractivity contribution >= 4 is 17.0 Å². The summed E-state index contributed by atoms with van der Waals surface area (Å²) in [5.74, 6) is 0.767. The number of aromatic nitrogens is 4. The Morgan fingerprint density at radius 1 is 0.920 bits per heavy atom. The van der Waals surface area contributed by atoms with E-state index in [0.29, 0.717) is 0 Å². The maximum atomic E-state index is 4.53. The molecule has 1 N–H and O–H groups in total. The maximum Gasteiger partial charge on any atom is 0.170 e. The number of benzene rings is 2. The third-order valence-electron chi connectivity index (χ3n) is 4.14. The van der Waals surface area contributed by atoms with E-state index in [2.05, 4.69) is 51.5 Å². The summed E-state index contributed by atoms with van der Waals surface area (Å²) >= 11 is 0. The average molecular weight is 329 g/mol. The molecule has 0 radical (unpaired) electrons. The average Bonchev–Trinajstić information content (AvgIpc) is 3.08. The van der Waals surface area contributed by atoms with Crippen LogP contribution in [-0.4, -0.2) is 25.6 Å². The number of nitrogens with one attached hydrogen (secondary N) is 1. The van der Waals surface area contributed by atoms with E-state index in [4.69, 9.17) is 0 Å². The Morgan fingerprint density at radius 2 is 1.64 bits per heavy atom. The summed E-state index contributed by atoms with van der Waals surface area (Å²) in [6.07, 6.45) is 4.30. The van der Waals surface area contributed by atoms with Crippen molar-refractivity contribution in [3.63, 3.8) is 0 Å². The fraction of sp³-hybridized carbons (Fsp3) is 0.150. The van der Waals surface area contributed by atoms with Gasteiger partial charge in [-0.2, -0.15) is 0 Å². The molecule has 2 aromatic heterocycles. The van der Waals surface area contributed by atoms with E-state index in [1.54, 1.807) is 12.7 Å². The number of imidazole rings is 1. The van der Waals surface area contributed by atoms with Crippen molar-refractivity contribution in [3.8, 4) is 5.69 Å². The lowest BCUT2D eigenvalue weighted by Gasteiger charge is -2.14. The molecule has 0 bridgehead atoms. The van der Waals surface area contributed by atoms with Crippen LogP contribution in [0.3, 0.4) is 0 Å². The molecule has 25 heavy (non-hydrogen) atoms. The Bertz CT molecular complexity index is 963. The third-order valence-corrected chi connectivity index (χ3v) is 4.14. The molecule has 4 rings (SSSR count). The van der Waals surface area contributed by atoms with Crippen molar-refractivity contribution in [2.75, 3.05) is 5.32 Å². The summed E-state index contributed by atoms with van der Waals surface area (Å²) in [7, 11) is 0. The van der Waals surface area contributed by atoms with Gasteiger partial charge in [-0.05, 0) is 31.0 Å². The lowest BCUT2D eigenvalue weighted by atomic mass is 10.1. The molecular formula is C20H19N5. The van der Waals surface area contributed by atoms with Crippen molar-refractivity contribution in [1.29, 1.82) is 0 Å². The molecule has 0 spiro atoms. The number of hydrogen-bond donors (Lipinski definition) is 1. The summed E-state index contributed by atoms with van der Waals surface area (Å²) in [6, 6.07) is 20.7.